The first-order chi connectivity index (χ1) is 21.0. The van der Waals surface area contributed by atoms with Crippen LogP contribution in [-0.4, -0.2) is 58.5 Å². The van der Waals surface area contributed by atoms with Crippen LogP contribution in [0.4, 0.5) is 5.69 Å². The van der Waals surface area contributed by atoms with E-state index in [9.17, 15) is 18.0 Å². The molecule has 44 heavy (non-hydrogen) atoms. The van der Waals surface area contributed by atoms with Crippen molar-refractivity contribution in [3.8, 4) is 11.5 Å². The first kappa shape index (κ1) is 35.0. The summed E-state index contributed by atoms with van der Waals surface area (Å²) in [5, 5.41) is 3.55. The maximum Gasteiger partial charge on any atom is 0.264 e. The second-order valence-corrected chi connectivity index (χ2v) is 12.8. The molecule has 2 amide bonds. The summed E-state index contributed by atoms with van der Waals surface area (Å²) in [5.41, 5.74) is 1.64. The number of sulfonamides is 1. The fraction of sp³-hybridized carbons (Fsp3) is 0.375. The van der Waals surface area contributed by atoms with Crippen LogP contribution in [0.15, 0.2) is 65.6 Å². The number of anilines is 1. The Bertz CT molecular complexity index is 1530. The van der Waals surface area contributed by atoms with Crippen LogP contribution in [0.2, 0.25) is 10.0 Å². The van der Waals surface area contributed by atoms with Crippen LogP contribution in [0, 0.1) is 6.92 Å². The van der Waals surface area contributed by atoms with Crippen molar-refractivity contribution in [2.45, 2.75) is 57.5 Å². The van der Waals surface area contributed by atoms with E-state index in [4.69, 9.17) is 32.7 Å². The smallest absolute Gasteiger partial charge is 0.264 e. The zero-order valence-electron chi connectivity index (χ0n) is 25.6. The van der Waals surface area contributed by atoms with E-state index in [0.717, 1.165) is 22.7 Å². The molecule has 1 N–H and O–H groups in total. The molecule has 0 radical (unpaired) electrons. The van der Waals surface area contributed by atoms with Gasteiger partial charge in [0.25, 0.3) is 10.0 Å². The fourth-order valence-electron chi connectivity index (χ4n) is 4.62. The van der Waals surface area contributed by atoms with Gasteiger partial charge in [-0.15, -0.1) is 0 Å². The molecule has 0 saturated heterocycles. The normalized spacial score (nSPS) is 11.9. The van der Waals surface area contributed by atoms with Crippen molar-refractivity contribution >= 4 is 50.7 Å². The summed E-state index contributed by atoms with van der Waals surface area (Å²) in [6.45, 7) is 5.42. The van der Waals surface area contributed by atoms with Gasteiger partial charge in [0.15, 0.2) is 11.5 Å². The molecule has 3 rings (SSSR count). The maximum atomic E-state index is 14.3. The SMILES string of the molecule is CCCCNC(=O)[C@@H](CC)N(Cc1c(Cl)cccc1Cl)C(=O)CN(c1ccc(C)cc1)S(=O)(=O)c1ccc(OC)c(OC)c1. The Hall–Kier alpha value is -3.47. The third kappa shape index (κ3) is 8.37. The number of nitrogens with one attached hydrogen (secondary N) is 1. The number of hydrogen-bond donors (Lipinski definition) is 1. The lowest BCUT2D eigenvalue weighted by atomic mass is 10.1. The number of ether oxygens (including phenoxy) is 2. The molecule has 0 unspecified atom stereocenters. The Morgan fingerprint density at radius 1 is 0.932 bits per heavy atom. The van der Waals surface area contributed by atoms with Gasteiger partial charge in [0.2, 0.25) is 11.8 Å². The monoisotopic (exact) mass is 663 g/mol. The highest BCUT2D eigenvalue weighted by Crippen LogP contribution is 2.33. The van der Waals surface area contributed by atoms with Crippen molar-refractivity contribution in [1.82, 2.24) is 10.2 Å². The summed E-state index contributed by atoms with van der Waals surface area (Å²) >= 11 is 13.0. The lowest BCUT2D eigenvalue weighted by Crippen LogP contribution is -2.52. The van der Waals surface area contributed by atoms with E-state index in [-0.39, 0.29) is 35.2 Å². The number of benzene rings is 3. The Morgan fingerprint density at radius 3 is 2.14 bits per heavy atom. The van der Waals surface area contributed by atoms with Crippen molar-refractivity contribution in [2.24, 2.45) is 0 Å². The van der Waals surface area contributed by atoms with Gasteiger partial charge in [-0.2, -0.15) is 0 Å². The number of halogens is 2. The van der Waals surface area contributed by atoms with Crippen LogP contribution >= 0.6 is 23.2 Å². The minimum absolute atomic E-state index is 0.102. The molecule has 0 aliphatic rings. The van der Waals surface area contributed by atoms with Crippen molar-refractivity contribution in [1.29, 1.82) is 0 Å². The van der Waals surface area contributed by atoms with E-state index in [0.29, 0.717) is 27.9 Å². The van der Waals surface area contributed by atoms with Gasteiger partial charge in [-0.3, -0.25) is 13.9 Å². The van der Waals surface area contributed by atoms with Gasteiger partial charge in [-0.25, -0.2) is 8.42 Å². The number of aryl methyl sites for hydroxylation is 1. The van der Waals surface area contributed by atoms with Crippen molar-refractivity contribution in [3.63, 3.8) is 0 Å². The number of methoxy groups -OCH3 is 2. The zero-order valence-corrected chi connectivity index (χ0v) is 27.9. The lowest BCUT2D eigenvalue weighted by Gasteiger charge is -2.33. The number of carbonyl (C=O) groups is 2. The number of nitrogens with zero attached hydrogens (tertiary/aromatic N) is 2. The largest absolute Gasteiger partial charge is 0.493 e. The molecule has 3 aromatic rings. The second kappa shape index (κ2) is 16.0. The standard InChI is InChI=1S/C32H39Cl2N3O6S/c1-6-8-18-35-32(39)28(7-2)36(20-25-26(33)10-9-11-27(25)34)31(38)21-37(23-14-12-22(3)13-15-23)44(40,41)24-16-17-29(42-4)30(19-24)43-5/h9-17,19,28H,6-8,18,20-21H2,1-5H3,(H,35,39)/t28-/m1/s1. The van der Waals surface area contributed by atoms with Crippen LogP contribution in [0.1, 0.15) is 44.2 Å². The average molecular weight is 665 g/mol. The molecule has 3 aromatic carbocycles. The third-order valence-electron chi connectivity index (χ3n) is 7.15. The third-order valence-corrected chi connectivity index (χ3v) is 9.63. The van der Waals surface area contributed by atoms with Crippen LogP contribution in [0.3, 0.4) is 0 Å². The van der Waals surface area contributed by atoms with E-state index in [1.165, 1.54) is 37.3 Å². The number of unbranched alkanes of at least 4 members (excludes halogenated alkanes) is 1. The fourth-order valence-corrected chi connectivity index (χ4v) is 6.57. The van der Waals surface area contributed by atoms with Gasteiger partial charge in [-0.05, 0) is 56.2 Å². The van der Waals surface area contributed by atoms with Crippen LogP contribution in [0.25, 0.3) is 0 Å². The van der Waals surface area contributed by atoms with E-state index < -0.39 is 28.5 Å². The molecule has 0 heterocycles. The van der Waals surface area contributed by atoms with Gasteiger partial charge in [-0.1, -0.05) is 67.2 Å². The molecule has 0 spiro atoms. The molecule has 0 bridgehead atoms. The van der Waals surface area contributed by atoms with Gasteiger partial charge in [0.1, 0.15) is 12.6 Å². The molecule has 0 aliphatic heterocycles. The van der Waals surface area contributed by atoms with Gasteiger partial charge in [0.05, 0.1) is 24.8 Å². The highest BCUT2D eigenvalue weighted by atomic mass is 35.5. The molecule has 238 valence electrons. The topological polar surface area (TPSA) is 105 Å². The Morgan fingerprint density at radius 2 is 1.57 bits per heavy atom. The zero-order chi connectivity index (χ0) is 32.4. The van der Waals surface area contributed by atoms with Crippen LogP contribution in [0.5, 0.6) is 11.5 Å². The Kier molecular flexibility index (Phi) is 12.7. The van der Waals surface area contributed by atoms with Crippen LogP contribution in [-0.2, 0) is 26.2 Å². The van der Waals surface area contributed by atoms with E-state index in [1.807, 2.05) is 13.8 Å². The van der Waals surface area contributed by atoms with Crippen molar-refractivity contribution < 1.29 is 27.5 Å². The molecule has 0 aromatic heterocycles. The molecule has 0 aliphatic carbocycles. The summed E-state index contributed by atoms with van der Waals surface area (Å²) in [7, 11) is -1.46. The van der Waals surface area contributed by atoms with E-state index in [1.54, 1.807) is 49.4 Å². The summed E-state index contributed by atoms with van der Waals surface area (Å²) < 4.78 is 40.0. The average Bonchev–Trinajstić information content (AvgIpc) is 3.01. The first-order valence-corrected chi connectivity index (χ1v) is 16.5. The number of hydrogen-bond acceptors (Lipinski definition) is 6. The van der Waals surface area contributed by atoms with Gasteiger partial charge in [0, 0.05) is 34.8 Å². The quantitative estimate of drug-likeness (QED) is 0.193. The second-order valence-electron chi connectivity index (χ2n) is 10.2. The van der Waals surface area contributed by atoms with E-state index >= 15 is 0 Å². The summed E-state index contributed by atoms with van der Waals surface area (Å²) in [6.07, 6.45) is 1.93. The highest BCUT2D eigenvalue weighted by molar-refractivity contribution is 7.92. The minimum atomic E-state index is -4.31. The molecule has 9 nitrogen and oxygen atoms in total. The lowest BCUT2D eigenvalue weighted by molar-refractivity contribution is -0.140. The van der Waals surface area contributed by atoms with Gasteiger partial charge >= 0.3 is 0 Å². The summed E-state index contributed by atoms with van der Waals surface area (Å²) in [5.74, 6) is -0.383. The van der Waals surface area contributed by atoms with Crippen molar-refractivity contribution in [3.05, 3.63) is 81.8 Å². The predicted molar refractivity (Wildman–Crippen MR) is 174 cm³/mol. The number of amides is 2. The van der Waals surface area contributed by atoms with Crippen molar-refractivity contribution in [2.75, 3.05) is 31.6 Å². The summed E-state index contributed by atoms with van der Waals surface area (Å²) in [4.78, 5) is 28.9. The summed E-state index contributed by atoms with van der Waals surface area (Å²) in [6, 6.07) is 15.1. The van der Waals surface area contributed by atoms with Gasteiger partial charge < -0.3 is 19.7 Å². The minimum Gasteiger partial charge on any atom is -0.493 e. The molecule has 0 saturated carbocycles. The van der Waals surface area contributed by atoms with E-state index in [2.05, 4.69) is 5.32 Å². The molecule has 0 fully saturated rings. The maximum absolute atomic E-state index is 14.3. The molecular formula is C32H39Cl2N3O6S. The van der Waals surface area contributed by atoms with Crippen LogP contribution < -0.4 is 19.1 Å². The number of rotatable bonds is 15. The predicted octanol–water partition coefficient (Wildman–Crippen LogP) is 6.24. The molecule has 1 atom stereocenters. The first-order valence-electron chi connectivity index (χ1n) is 14.3. The Labute approximate surface area is 270 Å². The Balaban J connectivity index is 2.11. The molecular weight excluding hydrogens is 625 g/mol. The number of carbonyl (C=O) groups excluding carboxylic acids is 2. The highest BCUT2D eigenvalue weighted by Gasteiger charge is 2.34. The molecule has 12 heteroatoms.